The van der Waals surface area contributed by atoms with Crippen molar-refractivity contribution in [3.8, 4) is 0 Å². The van der Waals surface area contributed by atoms with Crippen LogP contribution in [0.15, 0.2) is 11.6 Å². The summed E-state index contributed by atoms with van der Waals surface area (Å²) in [6, 6.07) is 0. The van der Waals surface area contributed by atoms with Crippen LogP contribution in [0.25, 0.3) is 0 Å². The standard InChI is InChI=1S/C18H33NO/c1-3-12-19-13-7-8-16(2)17-9-14-20-18(15-17)10-5-4-6-11-18/h8,17,19H,3-7,9-15H2,1-2H3/b16-8-. The average molecular weight is 279 g/mol. The van der Waals surface area contributed by atoms with Crippen LogP contribution in [0.2, 0.25) is 0 Å². The molecule has 0 aromatic carbocycles. The van der Waals surface area contributed by atoms with E-state index in [2.05, 4.69) is 25.2 Å². The van der Waals surface area contributed by atoms with Gasteiger partial charge in [0.2, 0.25) is 0 Å². The van der Waals surface area contributed by atoms with E-state index >= 15 is 0 Å². The number of nitrogens with one attached hydrogen (secondary N) is 1. The molecule has 20 heavy (non-hydrogen) atoms. The van der Waals surface area contributed by atoms with Crippen molar-refractivity contribution in [2.75, 3.05) is 19.7 Å². The Kier molecular flexibility index (Phi) is 6.57. The zero-order chi connectivity index (χ0) is 14.3. The Morgan fingerprint density at radius 2 is 2.05 bits per heavy atom. The predicted octanol–water partition coefficient (Wildman–Crippen LogP) is 4.45. The molecule has 1 atom stereocenters. The minimum Gasteiger partial charge on any atom is -0.375 e. The van der Waals surface area contributed by atoms with E-state index in [1.807, 2.05) is 0 Å². The van der Waals surface area contributed by atoms with E-state index in [0.717, 1.165) is 25.6 Å². The van der Waals surface area contributed by atoms with Gasteiger partial charge in [0.25, 0.3) is 0 Å². The van der Waals surface area contributed by atoms with Crippen molar-refractivity contribution in [1.29, 1.82) is 0 Å². The van der Waals surface area contributed by atoms with Gasteiger partial charge in [-0.05, 0) is 64.5 Å². The molecule has 0 amide bonds. The molecule has 0 radical (unpaired) electrons. The van der Waals surface area contributed by atoms with Crippen LogP contribution >= 0.6 is 0 Å². The summed E-state index contributed by atoms with van der Waals surface area (Å²) < 4.78 is 6.20. The second-order valence-corrected chi connectivity index (χ2v) is 6.77. The van der Waals surface area contributed by atoms with Gasteiger partial charge in [0.1, 0.15) is 0 Å². The zero-order valence-corrected chi connectivity index (χ0v) is 13.5. The molecular formula is C18H33NO. The number of allylic oxidation sites excluding steroid dienone is 1. The van der Waals surface area contributed by atoms with Crippen molar-refractivity contribution in [3.63, 3.8) is 0 Å². The lowest BCUT2D eigenvalue weighted by atomic mass is 9.74. The number of rotatable bonds is 6. The lowest BCUT2D eigenvalue weighted by Gasteiger charge is -2.44. The maximum absolute atomic E-state index is 6.20. The third-order valence-electron chi connectivity index (χ3n) is 5.12. The minimum absolute atomic E-state index is 0.247. The number of hydrogen-bond donors (Lipinski definition) is 1. The molecule has 1 spiro atoms. The lowest BCUT2D eigenvalue weighted by Crippen LogP contribution is -2.41. The van der Waals surface area contributed by atoms with Gasteiger partial charge in [-0.3, -0.25) is 0 Å². The first-order valence-corrected chi connectivity index (χ1v) is 8.77. The highest BCUT2D eigenvalue weighted by molar-refractivity contribution is 5.07. The van der Waals surface area contributed by atoms with Crippen molar-refractivity contribution < 1.29 is 4.74 Å². The summed E-state index contributed by atoms with van der Waals surface area (Å²) in [4.78, 5) is 0. The molecule has 0 aromatic rings. The second-order valence-electron chi connectivity index (χ2n) is 6.77. The van der Waals surface area contributed by atoms with Crippen LogP contribution in [0.3, 0.4) is 0 Å². The maximum Gasteiger partial charge on any atom is 0.0688 e. The van der Waals surface area contributed by atoms with Gasteiger partial charge in [-0.2, -0.15) is 0 Å². The monoisotopic (exact) mass is 279 g/mol. The van der Waals surface area contributed by atoms with Crippen LogP contribution in [0.5, 0.6) is 0 Å². The molecule has 0 aromatic heterocycles. The molecule has 1 saturated carbocycles. The molecule has 2 nitrogen and oxygen atoms in total. The molecule has 116 valence electrons. The molecule has 1 unspecified atom stereocenters. The highest BCUT2D eigenvalue weighted by Crippen LogP contribution is 2.42. The van der Waals surface area contributed by atoms with Crippen molar-refractivity contribution in [1.82, 2.24) is 5.32 Å². The van der Waals surface area contributed by atoms with Crippen LogP contribution in [-0.4, -0.2) is 25.3 Å². The topological polar surface area (TPSA) is 21.3 Å². The van der Waals surface area contributed by atoms with Crippen molar-refractivity contribution >= 4 is 0 Å². The fourth-order valence-electron chi connectivity index (χ4n) is 3.83. The predicted molar refractivity (Wildman–Crippen MR) is 86.0 cm³/mol. The Hall–Kier alpha value is -0.340. The number of hydrogen-bond acceptors (Lipinski definition) is 2. The van der Waals surface area contributed by atoms with E-state index in [-0.39, 0.29) is 5.60 Å². The summed E-state index contributed by atoms with van der Waals surface area (Å²) in [6.45, 7) is 7.81. The summed E-state index contributed by atoms with van der Waals surface area (Å²) in [7, 11) is 0. The summed E-state index contributed by atoms with van der Waals surface area (Å²) in [5.74, 6) is 0.771. The molecule has 1 saturated heterocycles. The Balaban J connectivity index is 1.80. The Labute approximate surface area is 125 Å². The van der Waals surface area contributed by atoms with Crippen LogP contribution in [0.4, 0.5) is 0 Å². The fraction of sp³-hybridized carbons (Fsp3) is 0.889. The summed E-state index contributed by atoms with van der Waals surface area (Å²) in [6.07, 6.45) is 14.1. The van der Waals surface area contributed by atoms with E-state index in [0.29, 0.717) is 0 Å². The normalized spacial score (nSPS) is 26.9. The molecule has 2 rings (SSSR count). The highest BCUT2D eigenvalue weighted by atomic mass is 16.5. The Morgan fingerprint density at radius 1 is 1.25 bits per heavy atom. The van der Waals surface area contributed by atoms with Gasteiger partial charge in [-0.25, -0.2) is 0 Å². The Bertz CT molecular complexity index is 299. The van der Waals surface area contributed by atoms with Gasteiger partial charge in [0, 0.05) is 6.61 Å². The van der Waals surface area contributed by atoms with E-state index in [1.165, 1.54) is 57.8 Å². The van der Waals surface area contributed by atoms with E-state index < -0.39 is 0 Å². The van der Waals surface area contributed by atoms with Gasteiger partial charge >= 0.3 is 0 Å². The third-order valence-corrected chi connectivity index (χ3v) is 5.12. The van der Waals surface area contributed by atoms with E-state index in [4.69, 9.17) is 4.74 Å². The molecule has 2 aliphatic rings. The third kappa shape index (κ3) is 4.60. The van der Waals surface area contributed by atoms with Crippen LogP contribution in [0.1, 0.15) is 71.6 Å². The summed E-state index contributed by atoms with van der Waals surface area (Å²) in [5.41, 5.74) is 1.85. The van der Waals surface area contributed by atoms with Gasteiger partial charge in [-0.15, -0.1) is 0 Å². The van der Waals surface area contributed by atoms with Gasteiger partial charge in [0.15, 0.2) is 0 Å². The van der Waals surface area contributed by atoms with Crippen LogP contribution < -0.4 is 5.32 Å². The average Bonchev–Trinajstić information content (AvgIpc) is 2.48. The lowest BCUT2D eigenvalue weighted by molar-refractivity contribution is -0.112. The van der Waals surface area contributed by atoms with Crippen LogP contribution in [-0.2, 0) is 4.74 Å². The first kappa shape index (κ1) is 16.0. The quantitative estimate of drug-likeness (QED) is 0.573. The molecule has 1 aliphatic carbocycles. The second kappa shape index (κ2) is 8.19. The zero-order valence-electron chi connectivity index (χ0n) is 13.5. The molecule has 2 heteroatoms. The van der Waals surface area contributed by atoms with Crippen molar-refractivity contribution in [2.45, 2.75) is 77.2 Å². The highest BCUT2D eigenvalue weighted by Gasteiger charge is 2.38. The maximum atomic E-state index is 6.20. The molecule has 1 heterocycles. The van der Waals surface area contributed by atoms with Crippen molar-refractivity contribution in [2.24, 2.45) is 5.92 Å². The first-order chi connectivity index (χ1) is 9.76. The molecular weight excluding hydrogens is 246 g/mol. The smallest absolute Gasteiger partial charge is 0.0688 e. The summed E-state index contributed by atoms with van der Waals surface area (Å²) in [5, 5.41) is 3.48. The SMILES string of the molecule is CCCNCC/C=C(/C)C1CCOC2(CCCCC2)C1. The molecule has 1 aliphatic heterocycles. The van der Waals surface area contributed by atoms with E-state index in [1.54, 1.807) is 5.57 Å². The molecule has 2 fully saturated rings. The van der Waals surface area contributed by atoms with Gasteiger partial charge in [-0.1, -0.05) is 37.8 Å². The Morgan fingerprint density at radius 3 is 2.80 bits per heavy atom. The van der Waals surface area contributed by atoms with Gasteiger partial charge in [0.05, 0.1) is 5.60 Å². The molecule has 1 N–H and O–H groups in total. The van der Waals surface area contributed by atoms with Crippen LogP contribution in [0, 0.1) is 5.92 Å². The minimum atomic E-state index is 0.247. The first-order valence-electron chi connectivity index (χ1n) is 8.77. The summed E-state index contributed by atoms with van der Waals surface area (Å²) >= 11 is 0. The van der Waals surface area contributed by atoms with E-state index in [9.17, 15) is 0 Å². The van der Waals surface area contributed by atoms with Crippen molar-refractivity contribution in [3.05, 3.63) is 11.6 Å². The largest absolute Gasteiger partial charge is 0.375 e. The fourth-order valence-corrected chi connectivity index (χ4v) is 3.83. The van der Waals surface area contributed by atoms with Gasteiger partial charge < -0.3 is 10.1 Å². The molecule has 0 bridgehead atoms. The number of ether oxygens (including phenoxy) is 1.